The molecule has 9 heteroatoms. The number of phenols is 1. The zero-order chi connectivity index (χ0) is 24.0. The van der Waals surface area contributed by atoms with Gasteiger partial charge in [0.25, 0.3) is 0 Å². The number of halogens is 1. The van der Waals surface area contributed by atoms with Crippen LogP contribution < -0.4 is 0 Å². The summed E-state index contributed by atoms with van der Waals surface area (Å²) in [4.78, 5) is 42.7. The lowest BCUT2D eigenvalue weighted by Gasteiger charge is -2.43. The number of nitrogens with zero attached hydrogens (tertiary/aromatic N) is 3. The van der Waals surface area contributed by atoms with E-state index in [0.29, 0.717) is 30.0 Å². The van der Waals surface area contributed by atoms with Crippen molar-refractivity contribution in [2.24, 2.45) is 5.92 Å². The molecule has 0 aliphatic carbocycles. The van der Waals surface area contributed by atoms with Crippen LogP contribution in [0.2, 0.25) is 0 Å². The SMILES string of the molecule is COC(=O)CCC(=O)N1CCN(C2CCN(C(=O)[C@H](C)Cc3ccc(O)c(Br)c3)CC2)CC1. The molecule has 182 valence electrons. The van der Waals surface area contributed by atoms with E-state index in [9.17, 15) is 19.5 Å². The van der Waals surface area contributed by atoms with Gasteiger partial charge in [-0.15, -0.1) is 0 Å². The van der Waals surface area contributed by atoms with Crippen molar-refractivity contribution in [2.45, 2.75) is 45.1 Å². The smallest absolute Gasteiger partial charge is 0.306 e. The highest BCUT2D eigenvalue weighted by Gasteiger charge is 2.31. The van der Waals surface area contributed by atoms with Gasteiger partial charge in [-0.1, -0.05) is 13.0 Å². The summed E-state index contributed by atoms with van der Waals surface area (Å²) in [5.41, 5.74) is 1.02. The minimum absolute atomic E-state index is 0.00936. The first kappa shape index (κ1) is 25.5. The number of esters is 1. The van der Waals surface area contributed by atoms with E-state index in [1.807, 2.05) is 28.9 Å². The lowest BCUT2D eigenvalue weighted by molar-refractivity contribution is -0.144. The van der Waals surface area contributed by atoms with E-state index >= 15 is 0 Å². The van der Waals surface area contributed by atoms with Gasteiger partial charge in [-0.2, -0.15) is 0 Å². The van der Waals surface area contributed by atoms with Gasteiger partial charge in [-0.05, 0) is 52.9 Å². The molecule has 2 aliphatic rings. The Labute approximate surface area is 204 Å². The van der Waals surface area contributed by atoms with Gasteiger partial charge < -0.3 is 19.6 Å². The molecule has 33 heavy (non-hydrogen) atoms. The summed E-state index contributed by atoms with van der Waals surface area (Å²) in [5.74, 6) is -0.0777. The topological polar surface area (TPSA) is 90.4 Å². The number of amides is 2. The number of piperazine rings is 1. The normalized spacial score (nSPS) is 18.8. The number of aromatic hydroxyl groups is 1. The Kier molecular flexibility index (Phi) is 9.14. The number of likely N-dealkylation sites (tertiary alicyclic amines) is 1. The van der Waals surface area contributed by atoms with E-state index in [2.05, 4.69) is 25.6 Å². The first-order valence-electron chi connectivity index (χ1n) is 11.6. The average Bonchev–Trinajstić information content (AvgIpc) is 2.84. The Bertz CT molecular complexity index is 849. The van der Waals surface area contributed by atoms with Crippen LogP contribution in [0.3, 0.4) is 0 Å². The predicted molar refractivity (Wildman–Crippen MR) is 128 cm³/mol. The lowest BCUT2D eigenvalue weighted by atomic mass is 9.97. The number of ether oxygens (including phenoxy) is 1. The van der Waals surface area contributed by atoms with Gasteiger partial charge in [-0.25, -0.2) is 0 Å². The number of benzene rings is 1. The van der Waals surface area contributed by atoms with E-state index < -0.39 is 0 Å². The van der Waals surface area contributed by atoms with Crippen molar-refractivity contribution in [2.75, 3.05) is 46.4 Å². The first-order valence-corrected chi connectivity index (χ1v) is 12.4. The maximum absolute atomic E-state index is 13.0. The summed E-state index contributed by atoms with van der Waals surface area (Å²) in [6.45, 7) is 6.49. The second-order valence-corrected chi connectivity index (χ2v) is 9.79. The van der Waals surface area contributed by atoms with E-state index in [0.717, 1.165) is 44.6 Å². The fraction of sp³-hybridized carbons (Fsp3) is 0.625. The second-order valence-electron chi connectivity index (χ2n) is 8.94. The van der Waals surface area contributed by atoms with Crippen LogP contribution >= 0.6 is 15.9 Å². The zero-order valence-electron chi connectivity index (χ0n) is 19.5. The number of hydrogen-bond donors (Lipinski definition) is 1. The molecular formula is C24H34BrN3O5. The minimum Gasteiger partial charge on any atom is -0.507 e. The third-order valence-corrected chi connectivity index (χ3v) is 7.34. The molecule has 2 saturated heterocycles. The van der Waals surface area contributed by atoms with E-state index in [4.69, 9.17) is 0 Å². The minimum atomic E-state index is -0.353. The van der Waals surface area contributed by atoms with Crippen LogP contribution in [0.25, 0.3) is 0 Å². The summed E-state index contributed by atoms with van der Waals surface area (Å²) >= 11 is 3.33. The first-order chi connectivity index (χ1) is 15.8. The van der Waals surface area contributed by atoms with E-state index in [1.54, 1.807) is 6.07 Å². The van der Waals surface area contributed by atoms with Crippen molar-refractivity contribution in [3.63, 3.8) is 0 Å². The molecule has 1 atom stereocenters. The molecule has 2 fully saturated rings. The van der Waals surface area contributed by atoms with Crippen LogP contribution in [-0.4, -0.2) is 90.0 Å². The highest BCUT2D eigenvalue weighted by atomic mass is 79.9. The Balaban J connectivity index is 1.40. The Morgan fingerprint density at radius 2 is 1.73 bits per heavy atom. The fourth-order valence-corrected chi connectivity index (χ4v) is 5.11. The second kappa shape index (κ2) is 11.8. The van der Waals surface area contributed by atoms with Crippen molar-refractivity contribution < 1.29 is 24.2 Å². The largest absolute Gasteiger partial charge is 0.507 e. The van der Waals surface area contributed by atoms with E-state index in [-0.39, 0.29) is 42.3 Å². The average molecular weight is 524 g/mol. The number of methoxy groups -OCH3 is 1. The Hall–Kier alpha value is -2.13. The molecule has 0 unspecified atom stereocenters. The monoisotopic (exact) mass is 523 g/mol. The molecule has 2 heterocycles. The number of carbonyl (C=O) groups excluding carboxylic acids is 3. The van der Waals surface area contributed by atoms with Crippen molar-refractivity contribution in [1.29, 1.82) is 0 Å². The van der Waals surface area contributed by atoms with Gasteiger partial charge in [0.15, 0.2) is 0 Å². The molecule has 0 aromatic heterocycles. The Morgan fingerprint density at radius 3 is 2.33 bits per heavy atom. The van der Waals surface area contributed by atoms with Gasteiger partial charge in [-0.3, -0.25) is 19.3 Å². The molecule has 1 aromatic carbocycles. The van der Waals surface area contributed by atoms with Gasteiger partial charge in [0.2, 0.25) is 11.8 Å². The summed E-state index contributed by atoms with van der Waals surface area (Å²) < 4.78 is 5.25. The lowest BCUT2D eigenvalue weighted by Crippen LogP contribution is -2.55. The molecule has 8 nitrogen and oxygen atoms in total. The molecular weight excluding hydrogens is 490 g/mol. The summed E-state index contributed by atoms with van der Waals surface area (Å²) in [5, 5.41) is 9.66. The van der Waals surface area contributed by atoms with Crippen molar-refractivity contribution in [1.82, 2.24) is 14.7 Å². The van der Waals surface area contributed by atoms with Gasteiger partial charge in [0.1, 0.15) is 5.75 Å². The van der Waals surface area contributed by atoms with Crippen molar-refractivity contribution in [3.05, 3.63) is 28.2 Å². The van der Waals surface area contributed by atoms with Gasteiger partial charge in [0, 0.05) is 57.6 Å². The third-order valence-electron chi connectivity index (χ3n) is 6.71. The van der Waals surface area contributed by atoms with E-state index in [1.165, 1.54) is 7.11 Å². The highest BCUT2D eigenvalue weighted by molar-refractivity contribution is 9.10. The maximum atomic E-state index is 13.0. The number of piperidine rings is 1. The predicted octanol–water partition coefficient (Wildman–Crippen LogP) is 2.42. The molecule has 0 spiro atoms. The number of carbonyl (C=O) groups is 3. The van der Waals surface area contributed by atoms with Crippen molar-refractivity contribution >= 4 is 33.7 Å². The van der Waals surface area contributed by atoms with Gasteiger partial charge in [0.05, 0.1) is 18.0 Å². The number of hydrogen-bond acceptors (Lipinski definition) is 6. The molecule has 1 N–H and O–H groups in total. The van der Waals surface area contributed by atoms with Crippen molar-refractivity contribution in [3.8, 4) is 5.75 Å². The summed E-state index contributed by atoms with van der Waals surface area (Å²) in [7, 11) is 1.33. The third kappa shape index (κ3) is 6.93. The summed E-state index contributed by atoms with van der Waals surface area (Å²) in [6.07, 6.45) is 2.86. The van der Waals surface area contributed by atoms with Crippen LogP contribution in [-0.2, 0) is 25.5 Å². The van der Waals surface area contributed by atoms with Gasteiger partial charge >= 0.3 is 5.97 Å². The number of rotatable bonds is 7. The molecule has 2 aliphatic heterocycles. The summed E-state index contributed by atoms with van der Waals surface area (Å²) in [6, 6.07) is 5.81. The molecule has 0 radical (unpaired) electrons. The van der Waals surface area contributed by atoms with Crippen LogP contribution in [0.5, 0.6) is 5.75 Å². The van der Waals surface area contributed by atoms with Crippen LogP contribution in [0.1, 0.15) is 38.2 Å². The van der Waals surface area contributed by atoms with Crippen LogP contribution in [0, 0.1) is 5.92 Å². The van der Waals surface area contributed by atoms with Crippen LogP contribution in [0.4, 0.5) is 0 Å². The fourth-order valence-electron chi connectivity index (χ4n) is 4.69. The molecule has 1 aromatic rings. The number of phenolic OH excluding ortho intramolecular Hbond substituents is 1. The molecule has 0 saturated carbocycles. The highest BCUT2D eigenvalue weighted by Crippen LogP contribution is 2.26. The Morgan fingerprint density at radius 1 is 1.06 bits per heavy atom. The zero-order valence-corrected chi connectivity index (χ0v) is 21.1. The molecule has 3 rings (SSSR count). The molecule has 2 amide bonds. The quantitative estimate of drug-likeness (QED) is 0.552. The maximum Gasteiger partial charge on any atom is 0.306 e. The standard InChI is InChI=1S/C24H34BrN3O5/c1-17(15-18-3-4-21(29)20(25)16-18)24(32)28-9-7-19(8-10-28)26-11-13-27(14-12-26)22(30)5-6-23(31)33-2/h3-4,16-17,19,29H,5-15H2,1-2H3/t17-/m1/s1. The van der Waals surface area contributed by atoms with Crippen LogP contribution in [0.15, 0.2) is 22.7 Å². The molecule has 0 bridgehead atoms.